The number of rotatable bonds is 14. The molecular formula is C24H26N8O9. The number of carbonyl (C=O) groups excluding carboxylic acids is 2. The summed E-state index contributed by atoms with van der Waals surface area (Å²) in [6, 6.07) is 3.99. The first-order valence-electron chi connectivity index (χ1n) is 12.0. The predicted octanol–water partition coefficient (Wildman–Crippen LogP) is -0.913. The number of fused-ring (bicyclic) bond motifs is 1. The van der Waals surface area contributed by atoms with Gasteiger partial charge in [0.25, 0.3) is 11.5 Å². The summed E-state index contributed by atoms with van der Waals surface area (Å²) in [4.78, 5) is 86.7. The summed E-state index contributed by atoms with van der Waals surface area (Å²) in [5.41, 5.74) is 8.84. The van der Waals surface area contributed by atoms with Crippen LogP contribution in [0.15, 0.2) is 35.3 Å². The molecule has 0 aliphatic heterocycles. The van der Waals surface area contributed by atoms with E-state index < -0.39 is 72.4 Å². The number of anilines is 2. The Bertz CT molecular complexity index is 1560. The molecule has 0 unspecified atom stereocenters. The fourth-order valence-corrected chi connectivity index (χ4v) is 3.79. The SMILES string of the molecule is Nc1nc2ncc(CNc3ccc(C(=O)N[C@@](CCC(=O)O)(C(=O)O)C(=O)[C@@H](N)CCC(=O)O)cc3)nc2c(=O)[nH]1. The summed E-state index contributed by atoms with van der Waals surface area (Å²) in [6.45, 7) is 0.123. The first-order chi connectivity index (χ1) is 19.3. The second kappa shape index (κ2) is 12.6. The van der Waals surface area contributed by atoms with E-state index in [1.807, 2.05) is 0 Å². The number of aliphatic carboxylic acids is 3. The van der Waals surface area contributed by atoms with E-state index >= 15 is 0 Å². The number of hydrogen-bond acceptors (Lipinski definition) is 12. The minimum Gasteiger partial charge on any atom is -0.481 e. The van der Waals surface area contributed by atoms with E-state index in [-0.39, 0.29) is 29.2 Å². The van der Waals surface area contributed by atoms with Gasteiger partial charge in [0.05, 0.1) is 24.5 Å². The second-order valence-corrected chi connectivity index (χ2v) is 8.88. The minimum absolute atomic E-state index is 0.00689. The summed E-state index contributed by atoms with van der Waals surface area (Å²) >= 11 is 0. The van der Waals surface area contributed by atoms with Gasteiger partial charge in [-0.25, -0.2) is 14.8 Å². The topological polar surface area (TPSA) is 294 Å². The van der Waals surface area contributed by atoms with Crippen LogP contribution in [-0.4, -0.2) is 76.4 Å². The number of aromatic nitrogens is 4. The van der Waals surface area contributed by atoms with Crippen molar-refractivity contribution in [3.63, 3.8) is 0 Å². The first-order valence-corrected chi connectivity index (χ1v) is 12.0. The van der Waals surface area contributed by atoms with Gasteiger partial charge in [0.15, 0.2) is 22.5 Å². The molecule has 1 aromatic carbocycles. The Morgan fingerprint density at radius 1 is 1.00 bits per heavy atom. The lowest BCUT2D eigenvalue weighted by Crippen LogP contribution is -2.64. The lowest BCUT2D eigenvalue weighted by molar-refractivity contribution is -0.151. The van der Waals surface area contributed by atoms with Gasteiger partial charge in [-0.15, -0.1) is 0 Å². The molecule has 0 spiro atoms. The zero-order valence-electron chi connectivity index (χ0n) is 21.3. The molecule has 0 aliphatic rings. The molecule has 41 heavy (non-hydrogen) atoms. The molecule has 3 aromatic rings. The number of carboxylic acids is 3. The molecule has 216 valence electrons. The molecule has 17 heteroatoms. The average Bonchev–Trinajstić information content (AvgIpc) is 2.92. The highest BCUT2D eigenvalue weighted by atomic mass is 16.4. The fourth-order valence-electron chi connectivity index (χ4n) is 3.79. The highest BCUT2D eigenvalue weighted by Crippen LogP contribution is 2.21. The van der Waals surface area contributed by atoms with Gasteiger partial charge >= 0.3 is 17.9 Å². The van der Waals surface area contributed by atoms with Gasteiger partial charge in [0, 0.05) is 24.1 Å². The molecule has 0 aliphatic carbocycles. The number of nitrogen functional groups attached to an aromatic ring is 1. The number of benzene rings is 1. The Balaban J connectivity index is 1.76. The Hall–Kier alpha value is -5.45. The van der Waals surface area contributed by atoms with Crippen LogP contribution < -0.4 is 27.7 Å². The number of H-pyrrole nitrogens is 1. The van der Waals surface area contributed by atoms with Gasteiger partial charge < -0.3 is 37.4 Å². The zero-order valence-corrected chi connectivity index (χ0v) is 21.3. The quantitative estimate of drug-likeness (QED) is 0.109. The molecule has 0 fully saturated rings. The number of ketones is 1. The van der Waals surface area contributed by atoms with Crippen molar-refractivity contribution < 1.29 is 39.3 Å². The van der Waals surface area contributed by atoms with E-state index in [4.69, 9.17) is 21.7 Å². The van der Waals surface area contributed by atoms with Crippen molar-refractivity contribution >= 4 is 52.4 Å². The minimum atomic E-state index is -2.71. The Morgan fingerprint density at radius 2 is 1.66 bits per heavy atom. The lowest BCUT2D eigenvalue weighted by atomic mass is 9.83. The van der Waals surface area contributed by atoms with Crippen molar-refractivity contribution in [2.45, 2.75) is 43.8 Å². The van der Waals surface area contributed by atoms with Crippen molar-refractivity contribution in [3.8, 4) is 0 Å². The number of nitrogens with one attached hydrogen (secondary N) is 3. The molecular weight excluding hydrogens is 544 g/mol. The van der Waals surface area contributed by atoms with Crippen LogP contribution in [0.4, 0.5) is 11.6 Å². The van der Waals surface area contributed by atoms with Crippen molar-refractivity contribution in [2.75, 3.05) is 11.1 Å². The smallest absolute Gasteiger partial charge is 0.337 e. The summed E-state index contributed by atoms with van der Waals surface area (Å²) < 4.78 is 0. The van der Waals surface area contributed by atoms with Crippen molar-refractivity contribution in [2.24, 2.45) is 5.73 Å². The number of amides is 1. The van der Waals surface area contributed by atoms with Gasteiger partial charge in [-0.2, -0.15) is 4.98 Å². The van der Waals surface area contributed by atoms with E-state index in [0.29, 0.717) is 11.4 Å². The summed E-state index contributed by atoms with van der Waals surface area (Å²) in [5, 5.41) is 32.9. The van der Waals surface area contributed by atoms with E-state index in [2.05, 4.69) is 30.6 Å². The van der Waals surface area contributed by atoms with Crippen LogP contribution in [0.2, 0.25) is 0 Å². The molecule has 1 amide bonds. The Morgan fingerprint density at radius 3 is 2.27 bits per heavy atom. The van der Waals surface area contributed by atoms with E-state index in [1.54, 1.807) is 0 Å². The maximum atomic E-state index is 13.0. The molecule has 2 aromatic heterocycles. The molecule has 10 N–H and O–H groups in total. The molecule has 2 atom stereocenters. The first kappa shape index (κ1) is 30.1. The number of carbonyl (C=O) groups is 5. The molecule has 0 radical (unpaired) electrons. The maximum absolute atomic E-state index is 13.0. The van der Waals surface area contributed by atoms with Gasteiger partial charge in [0.1, 0.15) is 0 Å². The van der Waals surface area contributed by atoms with Gasteiger partial charge in [-0.05, 0) is 37.1 Å². The zero-order chi connectivity index (χ0) is 30.3. The summed E-state index contributed by atoms with van der Waals surface area (Å²) in [5.74, 6) is -6.87. The van der Waals surface area contributed by atoms with Crippen LogP contribution in [0.3, 0.4) is 0 Å². The van der Waals surface area contributed by atoms with E-state index in [0.717, 1.165) is 0 Å². The van der Waals surface area contributed by atoms with Crippen LogP contribution in [0.25, 0.3) is 11.2 Å². The van der Waals surface area contributed by atoms with Crippen molar-refractivity contribution in [1.82, 2.24) is 25.3 Å². The number of carboxylic acid groups (broad SMARTS) is 3. The standard InChI is InChI=1S/C24H26N8O9/c25-14(5-6-15(33)34)18(37)24(22(40)41,8-7-16(35)36)32-20(38)11-1-3-12(4-2-11)27-9-13-10-28-19-17(29-13)21(39)31-23(26)30-19/h1-4,10,14,27H,5-9,25H2,(H,32,38)(H,33,34)(H,35,36)(H,40,41)(H3,26,28,30,31,39)/t14-,24+/m0/s1. The Labute approximate surface area is 230 Å². The number of nitrogens with zero attached hydrogens (tertiary/aromatic N) is 3. The summed E-state index contributed by atoms with van der Waals surface area (Å²) in [7, 11) is 0. The Kier molecular flexibility index (Phi) is 9.25. The molecule has 0 saturated heterocycles. The van der Waals surface area contributed by atoms with E-state index in [9.17, 15) is 33.9 Å². The highest BCUT2D eigenvalue weighted by Gasteiger charge is 2.49. The van der Waals surface area contributed by atoms with Crippen molar-refractivity contribution in [3.05, 3.63) is 52.1 Å². The van der Waals surface area contributed by atoms with E-state index in [1.165, 1.54) is 30.5 Å². The number of nitrogens with two attached hydrogens (primary N) is 2. The lowest BCUT2D eigenvalue weighted by Gasteiger charge is -2.31. The van der Waals surface area contributed by atoms with Crippen LogP contribution >= 0.6 is 0 Å². The number of Topliss-reactive ketones (excluding diaryl/α,β-unsaturated/α-hetero) is 1. The van der Waals surface area contributed by atoms with Crippen LogP contribution in [0.1, 0.15) is 41.7 Å². The predicted molar refractivity (Wildman–Crippen MR) is 141 cm³/mol. The van der Waals surface area contributed by atoms with Crippen molar-refractivity contribution in [1.29, 1.82) is 0 Å². The monoisotopic (exact) mass is 570 g/mol. The second-order valence-electron chi connectivity index (χ2n) is 8.88. The van der Waals surface area contributed by atoms with Crippen LogP contribution in [-0.2, 0) is 25.7 Å². The molecule has 17 nitrogen and oxygen atoms in total. The fraction of sp³-hybridized carbons (Fsp3) is 0.292. The average molecular weight is 571 g/mol. The third-order valence-electron chi connectivity index (χ3n) is 5.94. The molecule has 2 heterocycles. The van der Waals surface area contributed by atoms with Crippen LogP contribution in [0.5, 0.6) is 0 Å². The third-order valence-corrected chi connectivity index (χ3v) is 5.94. The van der Waals surface area contributed by atoms with Crippen LogP contribution in [0, 0.1) is 0 Å². The highest BCUT2D eigenvalue weighted by molar-refractivity contribution is 6.14. The maximum Gasteiger partial charge on any atom is 0.337 e. The number of hydrogen-bond donors (Lipinski definition) is 8. The molecule has 0 bridgehead atoms. The van der Waals surface area contributed by atoms with Gasteiger partial charge in [0.2, 0.25) is 5.95 Å². The molecule has 0 saturated carbocycles. The summed E-state index contributed by atoms with van der Waals surface area (Å²) in [6.07, 6.45) is -1.19. The third kappa shape index (κ3) is 7.35. The van der Waals surface area contributed by atoms with Gasteiger partial charge in [-0.1, -0.05) is 0 Å². The normalized spacial score (nSPS) is 13.1. The largest absolute Gasteiger partial charge is 0.481 e. The molecule has 3 rings (SSSR count). The van der Waals surface area contributed by atoms with Gasteiger partial charge in [-0.3, -0.25) is 29.0 Å². The number of aromatic amines is 1.